The lowest BCUT2D eigenvalue weighted by molar-refractivity contribution is 0.0804. The Bertz CT molecular complexity index is 1880. The Labute approximate surface area is 268 Å². The zero-order valence-electron chi connectivity index (χ0n) is 26.4. The number of carbonyl (C=O) groups excluding carboxylic acids is 1. The van der Waals surface area contributed by atoms with E-state index in [4.69, 9.17) is 14.5 Å². The second kappa shape index (κ2) is 13.2. The average molecular weight is 649 g/mol. The van der Waals surface area contributed by atoms with Gasteiger partial charge in [-0.3, -0.25) is 9.48 Å². The molecule has 1 amide bonds. The van der Waals surface area contributed by atoms with Crippen LogP contribution in [0.1, 0.15) is 62.2 Å². The van der Waals surface area contributed by atoms with E-state index >= 15 is 0 Å². The van der Waals surface area contributed by atoms with Crippen LogP contribution < -0.4 is 10.3 Å². The number of aromatic nitrogens is 4. The minimum Gasteiger partial charge on any atom is -0.496 e. The number of aryl methyl sites for hydroxylation is 1. The van der Waals surface area contributed by atoms with Crippen LogP contribution in [-0.2, 0) is 21.4 Å². The summed E-state index contributed by atoms with van der Waals surface area (Å²) >= 11 is 0. The molecule has 2 aromatic carbocycles. The second-order valence-corrected chi connectivity index (χ2v) is 14.0. The number of nitrogens with one attached hydrogen (secondary N) is 1. The van der Waals surface area contributed by atoms with E-state index in [-0.39, 0.29) is 53.8 Å². The van der Waals surface area contributed by atoms with Crippen LogP contribution in [0, 0.1) is 6.92 Å². The summed E-state index contributed by atoms with van der Waals surface area (Å²) in [5.74, 6) is 0.560. The Balaban J connectivity index is 1.16. The van der Waals surface area contributed by atoms with E-state index in [0.29, 0.717) is 35.1 Å². The van der Waals surface area contributed by atoms with E-state index in [1.807, 2.05) is 41.9 Å². The largest absolute Gasteiger partial charge is 0.496 e. The van der Waals surface area contributed by atoms with Gasteiger partial charge in [0.1, 0.15) is 23.7 Å². The Hall–Kier alpha value is -4.23. The van der Waals surface area contributed by atoms with Crippen molar-refractivity contribution in [3.63, 3.8) is 0 Å². The fourth-order valence-electron chi connectivity index (χ4n) is 6.52. The number of ether oxygens (including phenoxy) is 2. The lowest BCUT2D eigenvalue weighted by atomic mass is 9.95. The summed E-state index contributed by atoms with van der Waals surface area (Å²) in [5.41, 5.74) is 2.74. The molecule has 1 N–H and O–H groups in total. The molecule has 0 spiro atoms. The molecule has 2 fully saturated rings. The molecule has 0 atom stereocenters. The van der Waals surface area contributed by atoms with Crippen molar-refractivity contribution in [3.8, 4) is 17.1 Å². The number of methoxy groups -OCH3 is 1. The third-order valence-electron chi connectivity index (χ3n) is 9.18. The maximum Gasteiger partial charge on any atom is 0.410 e. The van der Waals surface area contributed by atoms with Gasteiger partial charge in [0, 0.05) is 32.2 Å². The second-order valence-electron chi connectivity index (χ2n) is 12.1. The van der Waals surface area contributed by atoms with Crippen molar-refractivity contribution in [2.24, 2.45) is 0 Å². The number of hydrogen-bond donors (Lipinski definition) is 1. The standard InChI is InChI=1S/C33H40N6O6S/c1-22-29-30(39(36-22)25-12-8-5-9-13-25)32(40)35-31(34-29)27-15-14-26(20-28(27)44-3)46(42,43)38-18-16-24(17-19-38)37(2)33(41)45-21-23-10-6-4-7-11-23/h4,6-7,10-11,14-15,20,24-25H,5,8-9,12-13,16-19,21H2,1-3H3,(H,34,35,40). The molecule has 46 heavy (non-hydrogen) atoms. The van der Waals surface area contributed by atoms with Gasteiger partial charge >= 0.3 is 6.09 Å². The molecule has 1 aliphatic heterocycles. The Morgan fingerprint density at radius 2 is 1.76 bits per heavy atom. The first kappa shape index (κ1) is 31.7. The Morgan fingerprint density at radius 3 is 2.46 bits per heavy atom. The van der Waals surface area contributed by atoms with Gasteiger partial charge in [-0.05, 0) is 50.3 Å². The Kier molecular flexibility index (Phi) is 9.14. The summed E-state index contributed by atoms with van der Waals surface area (Å²) in [6, 6.07) is 14.1. The number of amides is 1. The maximum atomic E-state index is 13.7. The van der Waals surface area contributed by atoms with Gasteiger partial charge in [-0.2, -0.15) is 9.40 Å². The molecule has 0 radical (unpaired) electrons. The van der Waals surface area contributed by atoms with Crippen LogP contribution in [-0.4, -0.2) is 76.8 Å². The lowest BCUT2D eigenvalue weighted by Crippen LogP contribution is -2.47. The molecule has 13 heteroatoms. The molecule has 1 saturated heterocycles. The topological polar surface area (TPSA) is 140 Å². The van der Waals surface area contributed by atoms with Gasteiger partial charge in [0.15, 0.2) is 5.52 Å². The molecule has 1 saturated carbocycles. The number of aromatic amines is 1. The molecule has 244 valence electrons. The SMILES string of the molecule is COc1cc(S(=O)(=O)N2CCC(N(C)C(=O)OCc3ccccc3)CC2)ccc1-c1nc2c(C)nn(C3CCCCC3)c2c(=O)[nH]1. The van der Waals surface area contributed by atoms with Crippen LogP contribution in [0.5, 0.6) is 5.75 Å². The highest BCUT2D eigenvalue weighted by Crippen LogP contribution is 2.34. The highest BCUT2D eigenvalue weighted by Gasteiger charge is 2.33. The third-order valence-corrected chi connectivity index (χ3v) is 11.1. The highest BCUT2D eigenvalue weighted by atomic mass is 32.2. The molecular weight excluding hydrogens is 608 g/mol. The lowest BCUT2D eigenvalue weighted by Gasteiger charge is -2.35. The van der Waals surface area contributed by atoms with Crippen LogP contribution in [0.15, 0.2) is 58.2 Å². The molecule has 6 rings (SSSR count). The molecule has 3 heterocycles. The Morgan fingerprint density at radius 1 is 1.04 bits per heavy atom. The zero-order chi connectivity index (χ0) is 32.4. The van der Waals surface area contributed by atoms with Crippen molar-refractivity contribution in [1.29, 1.82) is 0 Å². The van der Waals surface area contributed by atoms with Gasteiger partial charge in [-0.25, -0.2) is 18.2 Å². The molecule has 12 nitrogen and oxygen atoms in total. The number of benzene rings is 2. The van der Waals surface area contributed by atoms with Crippen LogP contribution >= 0.6 is 0 Å². The number of H-pyrrole nitrogens is 1. The van der Waals surface area contributed by atoms with Crippen LogP contribution in [0.2, 0.25) is 0 Å². The van der Waals surface area contributed by atoms with Crippen LogP contribution in [0.25, 0.3) is 22.4 Å². The minimum absolute atomic E-state index is 0.0758. The molecule has 0 bridgehead atoms. The minimum atomic E-state index is -3.85. The monoisotopic (exact) mass is 648 g/mol. The van der Waals surface area contributed by atoms with Gasteiger partial charge in [0.05, 0.1) is 29.3 Å². The third kappa shape index (κ3) is 6.25. The number of rotatable bonds is 8. The predicted octanol–water partition coefficient (Wildman–Crippen LogP) is 5.03. The van der Waals surface area contributed by atoms with E-state index in [1.165, 1.54) is 30.0 Å². The van der Waals surface area contributed by atoms with Gasteiger partial charge in [0.2, 0.25) is 10.0 Å². The fourth-order valence-corrected chi connectivity index (χ4v) is 8.01. The zero-order valence-corrected chi connectivity index (χ0v) is 27.3. The normalized spacial score (nSPS) is 16.8. The highest BCUT2D eigenvalue weighted by molar-refractivity contribution is 7.89. The van der Waals surface area contributed by atoms with Crippen LogP contribution in [0.4, 0.5) is 4.79 Å². The van der Waals surface area contributed by atoms with Gasteiger partial charge in [-0.15, -0.1) is 0 Å². The quantitative estimate of drug-likeness (QED) is 0.281. The number of fused-ring (bicyclic) bond motifs is 1. The van der Waals surface area contributed by atoms with Gasteiger partial charge < -0.3 is 19.4 Å². The summed E-state index contributed by atoms with van der Waals surface area (Å²) in [7, 11) is -0.716. The van der Waals surface area contributed by atoms with Crippen molar-refractivity contribution in [1.82, 2.24) is 29.0 Å². The summed E-state index contributed by atoms with van der Waals surface area (Å²) in [4.78, 5) is 35.3. The molecule has 2 aliphatic rings. The van der Waals surface area contributed by atoms with Crippen molar-refractivity contribution in [3.05, 3.63) is 70.1 Å². The average Bonchev–Trinajstić information content (AvgIpc) is 3.43. The van der Waals surface area contributed by atoms with E-state index < -0.39 is 16.1 Å². The first-order valence-corrected chi connectivity index (χ1v) is 17.2. The predicted molar refractivity (Wildman–Crippen MR) is 173 cm³/mol. The van der Waals surface area contributed by atoms with E-state index in [9.17, 15) is 18.0 Å². The number of nitrogens with zero attached hydrogens (tertiary/aromatic N) is 5. The molecule has 4 aromatic rings. The van der Waals surface area contributed by atoms with Gasteiger partial charge in [0.25, 0.3) is 5.56 Å². The molecule has 1 aliphatic carbocycles. The van der Waals surface area contributed by atoms with Crippen molar-refractivity contribution >= 4 is 27.1 Å². The fraction of sp³-hybridized carbons (Fsp3) is 0.455. The molecule has 0 unspecified atom stereocenters. The van der Waals surface area contributed by atoms with E-state index in [0.717, 1.165) is 31.2 Å². The van der Waals surface area contributed by atoms with Crippen molar-refractivity contribution in [2.45, 2.75) is 75.5 Å². The number of hydrogen-bond acceptors (Lipinski definition) is 8. The molecular formula is C33H40N6O6S. The van der Waals surface area contributed by atoms with E-state index in [2.05, 4.69) is 10.1 Å². The van der Waals surface area contributed by atoms with Crippen LogP contribution in [0.3, 0.4) is 0 Å². The summed E-state index contributed by atoms with van der Waals surface area (Å²) in [6.45, 7) is 2.53. The smallest absolute Gasteiger partial charge is 0.410 e. The van der Waals surface area contributed by atoms with Crippen molar-refractivity contribution < 1.29 is 22.7 Å². The first-order chi connectivity index (χ1) is 22.2. The van der Waals surface area contributed by atoms with Gasteiger partial charge in [-0.1, -0.05) is 49.6 Å². The molecule has 2 aromatic heterocycles. The summed E-state index contributed by atoms with van der Waals surface area (Å²) in [5, 5.41) is 4.69. The van der Waals surface area contributed by atoms with Crippen molar-refractivity contribution in [2.75, 3.05) is 27.2 Å². The first-order valence-electron chi connectivity index (χ1n) is 15.8. The number of piperidine rings is 1. The maximum absolute atomic E-state index is 13.7. The summed E-state index contributed by atoms with van der Waals surface area (Å²) in [6.07, 6.45) is 5.90. The van der Waals surface area contributed by atoms with E-state index in [1.54, 1.807) is 18.0 Å². The number of sulfonamides is 1. The number of carbonyl (C=O) groups is 1. The summed E-state index contributed by atoms with van der Waals surface area (Å²) < 4.78 is 41.7.